The van der Waals surface area contributed by atoms with Crippen molar-refractivity contribution in [3.63, 3.8) is 0 Å². The first-order valence-electron chi connectivity index (χ1n) is 19.6. The predicted octanol–water partition coefficient (Wildman–Crippen LogP) is -0.112. The lowest BCUT2D eigenvalue weighted by Gasteiger charge is -2.29. The third-order valence-corrected chi connectivity index (χ3v) is 9.09. The SMILES string of the molecule is CC[C@H](C)[C@H](NC(=O)[C@@H](CC(C)C)NC(=O)[C@H](CC(=O)O)NC(=O)[C@@H](NC(=O)[C@@H](CC(C)C)NC(=O)[C@H](CC(C)C)NC(=O)[C@@H](N)CCC(N)=O)C(C)C)C(=O)O. The molecule has 0 saturated heterocycles. The Kier molecular flexibility index (Phi) is 23.3. The van der Waals surface area contributed by atoms with Crippen molar-refractivity contribution in [3.05, 3.63) is 0 Å². The monoisotopic (exact) mass is 813 g/mol. The van der Waals surface area contributed by atoms with Gasteiger partial charge in [-0.05, 0) is 55.3 Å². The van der Waals surface area contributed by atoms with Gasteiger partial charge in [0.15, 0.2) is 0 Å². The van der Waals surface area contributed by atoms with E-state index in [1.54, 1.807) is 55.4 Å². The molecule has 0 aromatic rings. The quantitative estimate of drug-likeness (QED) is 0.0520. The molecular formula is C38H68N8O11. The highest BCUT2D eigenvalue weighted by Gasteiger charge is 2.36. The summed E-state index contributed by atoms with van der Waals surface area (Å²) < 4.78 is 0. The van der Waals surface area contributed by atoms with Crippen molar-refractivity contribution in [2.75, 3.05) is 0 Å². The van der Waals surface area contributed by atoms with Gasteiger partial charge < -0.3 is 53.6 Å². The maximum atomic E-state index is 13.8. The predicted molar refractivity (Wildman–Crippen MR) is 211 cm³/mol. The molecule has 326 valence electrons. The van der Waals surface area contributed by atoms with Crippen LogP contribution in [0.15, 0.2) is 0 Å². The summed E-state index contributed by atoms with van der Waals surface area (Å²) in [6.07, 6.45) is -0.264. The van der Waals surface area contributed by atoms with E-state index in [0.29, 0.717) is 6.42 Å². The highest BCUT2D eigenvalue weighted by atomic mass is 16.4. The molecule has 0 aromatic carbocycles. The zero-order chi connectivity index (χ0) is 44.3. The molecule has 0 aliphatic heterocycles. The molecule has 0 saturated carbocycles. The Morgan fingerprint density at radius 1 is 0.526 bits per heavy atom. The van der Waals surface area contributed by atoms with E-state index in [9.17, 15) is 53.4 Å². The zero-order valence-corrected chi connectivity index (χ0v) is 35.1. The van der Waals surface area contributed by atoms with E-state index < -0.39 is 114 Å². The molecule has 0 bridgehead atoms. The van der Waals surface area contributed by atoms with Crippen LogP contribution in [0.3, 0.4) is 0 Å². The number of hydrogen-bond donors (Lipinski definition) is 10. The van der Waals surface area contributed by atoms with Crippen LogP contribution in [0.1, 0.15) is 114 Å². The van der Waals surface area contributed by atoms with Gasteiger partial charge >= 0.3 is 11.9 Å². The number of hydrogen-bond acceptors (Lipinski definition) is 10. The van der Waals surface area contributed by atoms with Crippen LogP contribution in [-0.2, 0) is 43.2 Å². The standard InChI is InChI=1S/C38H68N8O11/c1-11-22(10)31(38(56)57)46-36(54)26(16-20(6)7)43-34(52)27(17-29(48)49)44-37(55)30(21(8)9)45-35(53)25(15-19(4)5)42-33(51)24(14-18(2)3)41-32(50)23(39)12-13-28(40)47/h18-27,30-31H,11-17,39H2,1-10H3,(H2,40,47)(H,41,50)(H,42,51)(H,43,52)(H,44,55)(H,45,53)(H,46,54)(H,48,49)(H,56,57)/t22-,23-,24-,25+,26+,27-,30-,31-/m0/s1. The summed E-state index contributed by atoms with van der Waals surface area (Å²) in [5.74, 6) is -9.67. The van der Waals surface area contributed by atoms with Gasteiger partial charge in [-0.2, -0.15) is 0 Å². The molecule has 12 N–H and O–H groups in total. The Hall–Kier alpha value is -4.81. The topological polar surface area (TPSA) is 318 Å². The highest BCUT2D eigenvalue weighted by Crippen LogP contribution is 2.14. The van der Waals surface area contributed by atoms with Crippen LogP contribution in [-0.4, -0.2) is 106 Å². The molecule has 0 aliphatic carbocycles. The first-order chi connectivity index (χ1) is 26.3. The Labute approximate surface area is 335 Å². The van der Waals surface area contributed by atoms with Crippen molar-refractivity contribution >= 4 is 53.3 Å². The molecule has 0 rings (SSSR count). The van der Waals surface area contributed by atoms with E-state index in [1.165, 1.54) is 0 Å². The number of rotatable bonds is 27. The third kappa shape index (κ3) is 20.3. The summed E-state index contributed by atoms with van der Waals surface area (Å²) in [6, 6.07) is -8.98. The van der Waals surface area contributed by atoms with Crippen molar-refractivity contribution in [2.24, 2.45) is 41.1 Å². The molecule has 19 heteroatoms. The van der Waals surface area contributed by atoms with Gasteiger partial charge in [-0.1, -0.05) is 75.7 Å². The zero-order valence-electron chi connectivity index (χ0n) is 35.1. The molecule has 7 amide bonds. The van der Waals surface area contributed by atoms with Crippen molar-refractivity contribution in [1.29, 1.82) is 0 Å². The maximum Gasteiger partial charge on any atom is 0.326 e. The number of carbonyl (C=O) groups is 9. The van der Waals surface area contributed by atoms with Crippen molar-refractivity contribution < 1.29 is 53.4 Å². The van der Waals surface area contributed by atoms with Gasteiger partial charge in [0.05, 0.1) is 12.5 Å². The van der Waals surface area contributed by atoms with Crippen LogP contribution in [0, 0.1) is 29.6 Å². The van der Waals surface area contributed by atoms with Gasteiger partial charge in [0, 0.05) is 6.42 Å². The van der Waals surface area contributed by atoms with E-state index in [-0.39, 0.29) is 49.9 Å². The van der Waals surface area contributed by atoms with Crippen LogP contribution >= 0.6 is 0 Å². The molecule has 0 spiro atoms. The Balaban J connectivity index is 6.28. The minimum absolute atomic E-state index is 0.0390. The Morgan fingerprint density at radius 2 is 0.895 bits per heavy atom. The van der Waals surface area contributed by atoms with Crippen LogP contribution in [0.4, 0.5) is 0 Å². The van der Waals surface area contributed by atoms with Crippen LogP contribution < -0.4 is 43.4 Å². The van der Waals surface area contributed by atoms with E-state index >= 15 is 0 Å². The van der Waals surface area contributed by atoms with Gasteiger partial charge in [-0.15, -0.1) is 0 Å². The molecule has 0 heterocycles. The summed E-state index contributed by atoms with van der Waals surface area (Å²) in [5, 5.41) is 34.5. The molecule has 0 aliphatic rings. The van der Waals surface area contributed by atoms with E-state index in [0.717, 1.165) is 0 Å². The van der Waals surface area contributed by atoms with Gasteiger partial charge in [-0.25, -0.2) is 4.79 Å². The molecule has 0 aromatic heterocycles. The molecule has 8 atom stereocenters. The fourth-order valence-electron chi connectivity index (χ4n) is 5.73. The largest absolute Gasteiger partial charge is 0.481 e. The Morgan fingerprint density at radius 3 is 1.25 bits per heavy atom. The van der Waals surface area contributed by atoms with E-state index in [1.807, 2.05) is 13.8 Å². The Bertz CT molecular complexity index is 1400. The number of amides is 7. The van der Waals surface area contributed by atoms with E-state index in [4.69, 9.17) is 11.5 Å². The summed E-state index contributed by atoms with van der Waals surface area (Å²) in [7, 11) is 0. The number of nitrogens with two attached hydrogens (primary N) is 2. The highest BCUT2D eigenvalue weighted by molar-refractivity contribution is 5.98. The van der Waals surface area contributed by atoms with Crippen molar-refractivity contribution in [1.82, 2.24) is 31.9 Å². The first kappa shape index (κ1) is 52.2. The number of primary amides is 1. The van der Waals surface area contributed by atoms with Gasteiger partial charge in [0.1, 0.15) is 36.3 Å². The fourth-order valence-corrected chi connectivity index (χ4v) is 5.73. The average Bonchev–Trinajstić information content (AvgIpc) is 3.08. The number of aliphatic carboxylic acids is 2. The average molecular weight is 813 g/mol. The number of carboxylic acids is 2. The number of nitrogens with one attached hydrogen (secondary N) is 6. The van der Waals surface area contributed by atoms with Crippen LogP contribution in [0.25, 0.3) is 0 Å². The minimum atomic E-state index is -1.71. The molecule has 0 unspecified atom stereocenters. The number of carboxylic acid groups (broad SMARTS) is 2. The number of carbonyl (C=O) groups excluding carboxylic acids is 7. The lowest BCUT2D eigenvalue weighted by Crippen LogP contribution is -2.61. The fraction of sp³-hybridized carbons (Fsp3) is 0.763. The summed E-state index contributed by atoms with van der Waals surface area (Å²) in [5.41, 5.74) is 11.1. The third-order valence-electron chi connectivity index (χ3n) is 9.09. The van der Waals surface area contributed by atoms with Gasteiger partial charge in [-0.3, -0.25) is 38.4 Å². The summed E-state index contributed by atoms with van der Waals surface area (Å²) in [4.78, 5) is 115. The van der Waals surface area contributed by atoms with Crippen molar-refractivity contribution in [3.8, 4) is 0 Å². The van der Waals surface area contributed by atoms with Gasteiger partial charge in [0.25, 0.3) is 0 Å². The normalized spacial score (nSPS) is 15.6. The van der Waals surface area contributed by atoms with Crippen LogP contribution in [0.5, 0.6) is 0 Å². The molecular weight excluding hydrogens is 744 g/mol. The molecule has 19 nitrogen and oxygen atoms in total. The lowest BCUT2D eigenvalue weighted by atomic mass is 9.97. The maximum absolute atomic E-state index is 13.8. The van der Waals surface area contributed by atoms with E-state index in [2.05, 4.69) is 31.9 Å². The summed E-state index contributed by atoms with van der Waals surface area (Å²) in [6.45, 7) is 17.4. The minimum Gasteiger partial charge on any atom is -0.481 e. The smallest absolute Gasteiger partial charge is 0.326 e. The van der Waals surface area contributed by atoms with Crippen LogP contribution in [0.2, 0.25) is 0 Å². The van der Waals surface area contributed by atoms with Gasteiger partial charge in [0.2, 0.25) is 41.4 Å². The second-order valence-electron chi connectivity index (χ2n) is 16.3. The first-order valence-corrected chi connectivity index (χ1v) is 19.6. The summed E-state index contributed by atoms with van der Waals surface area (Å²) >= 11 is 0. The molecule has 0 radical (unpaired) electrons. The second-order valence-corrected chi connectivity index (χ2v) is 16.3. The molecule has 0 fully saturated rings. The lowest BCUT2D eigenvalue weighted by molar-refractivity contribution is -0.144. The van der Waals surface area contributed by atoms with Crippen molar-refractivity contribution in [2.45, 2.75) is 156 Å². The second kappa shape index (κ2) is 25.4. The molecule has 57 heavy (non-hydrogen) atoms.